The van der Waals surface area contributed by atoms with Crippen molar-refractivity contribution in [3.8, 4) is 0 Å². The van der Waals surface area contributed by atoms with E-state index in [0.29, 0.717) is 30.1 Å². The Hall–Kier alpha value is -3.11. The second-order valence-corrected chi connectivity index (χ2v) is 8.89. The van der Waals surface area contributed by atoms with Crippen molar-refractivity contribution < 1.29 is 9.59 Å². The minimum atomic E-state index is -0.578. The lowest BCUT2D eigenvalue weighted by atomic mass is 10.0. The van der Waals surface area contributed by atoms with E-state index in [-0.39, 0.29) is 11.8 Å². The molecule has 3 aromatic rings. The average Bonchev–Trinajstić information content (AvgIpc) is 3.13. The van der Waals surface area contributed by atoms with Gasteiger partial charge >= 0.3 is 0 Å². The fourth-order valence-electron chi connectivity index (χ4n) is 4.37. The van der Waals surface area contributed by atoms with Crippen molar-refractivity contribution in [3.05, 3.63) is 106 Å². The van der Waals surface area contributed by atoms with E-state index in [1.165, 1.54) is 5.56 Å². The molecule has 0 fully saturated rings. The van der Waals surface area contributed by atoms with Crippen LogP contribution in [0.1, 0.15) is 52.4 Å². The van der Waals surface area contributed by atoms with E-state index in [9.17, 15) is 9.59 Å². The van der Waals surface area contributed by atoms with E-state index < -0.39 is 6.04 Å². The third-order valence-corrected chi connectivity index (χ3v) is 6.40. The highest BCUT2D eigenvalue weighted by atomic mass is 35.5. The number of nitrogens with zero attached hydrogens (tertiary/aromatic N) is 1. The molecule has 0 saturated heterocycles. The first-order valence-corrected chi connectivity index (χ1v) is 12.0. The van der Waals surface area contributed by atoms with Gasteiger partial charge in [-0.1, -0.05) is 78.7 Å². The van der Waals surface area contributed by atoms with Gasteiger partial charge in [0.1, 0.15) is 6.04 Å². The molecule has 33 heavy (non-hydrogen) atoms. The van der Waals surface area contributed by atoms with Gasteiger partial charge in [-0.15, -0.1) is 0 Å². The number of halogens is 1. The molecular formula is C28H29ClN2O2. The molecule has 1 aliphatic rings. The summed E-state index contributed by atoms with van der Waals surface area (Å²) < 4.78 is 0. The number of benzene rings is 3. The Balaban J connectivity index is 1.32. The van der Waals surface area contributed by atoms with E-state index in [0.717, 1.165) is 36.8 Å². The fourth-order valence-corrected chi connectivity index (χ4v) is 4.49. The van der Waals surface area contributed by atoms with Gasteiger partial charge in [-0.2, -0.15) is 0 Å². The lowest BCUT2D eigenvalue weighted by Crippen LogP contribution is -2.40. The Morgan fingerprint density at radius 2 is 1.52 bits per heavy atom. The van der Waals surface area contributed by atoms with Gasteiger partial charge in [-0.3, -0.25) is 9.59 Å². The highest BCUT2D eigenvalue weighted by Gasteiger charge is 2.40. The predicted octanol–water partition coefficient (Wildman–Crippen LogP) is 5.61. The zero-order chi connectivity index (χ0) is 23.0. The van der Waals surface area contributed by atoms with Crippen LogP contribution in [0.2, 0.25) is 5.02 Å². The molecule has 2 amide bonds. The van der Waals surface area contributed by atoms with Crippen LogP contribution < -0.4 is 5.32 Å². The van der Waals surface area contributed by atoms with Crippen LogP contribution in [0.5, 0.6) is 0 Å². The van der Waals surface area contributed by atoms with Gasteiger partial charge in [-0.05, 0) is 60.6 Å². The summed E-state index contributed by atoms with van der Waals surface area (Å²) in [5.41, 5.74) is 3.84. The minimum absolute atomic E-state index is 0.0809. The molecular weight excluding hydrogens is 432 g/mol. The number of fused-ring (bicyclic) bond motifs is 1. The van der Waals surface area contributed by atoms with Crippen LogP contribution in [-0.4, -0.2) is 29.8 Å². The lowest BCUT2D eigenvalue weighted by Gasteiger charge is -2.25. The van der Waals surface area contributed by atoms with Crippen molar-refractivity contribution in [2.45, 2.75) is 38.1 Å². The molecule has 0 aromatic heterocycles. The van der Waals surface area contributed by atoms with Crippen molar-refractivity contribution in [1.29, 1.82) is 0 Å². The van der Waals surface area contributed by atoms with Crippen LogP contribution in [0, 0.1) is 0 Å². The van der Waals surface area contributed by atoms with Crippen LogP contribution in [0.25, 0.3) is 0 Å². The maximum Gasteiger partial charge on any atom is 0.255 e. The first-order chi connectivity index (χ1) is 16.1. The van der Waals surface area contributed by atoms with Crippen LogP contribution in [-0.2, 0) is 17.6 Å². The van der Waals surface area contributed by atoms with Gasteiger partial charge in [0, 0.05) is 23.7 Å². The lowest BCUT2D eigenvalue weighted by molar-refractivity contribution is -0.125. The van der Waals surface area contributed by atoms with Crippen LogP contribution >= 0.6 is 11.6 Å². The monoisotopic (exact) mass is 460 g/mol. The first kappa shape index (κ1) is 23.1. The maximum absolute atomic E-state index is 13.2. The minimum Gasteiger partial charge on any atom is -0.354 e. The zero-order valence-electron chi connectivity index (χ0n) is 18.7. The first-order valence-electron chi connectivity index (χ1n) is 11.6. The highest BCUT2D eigenvalue weighted by molar-refractivity contribution is 6.30. The normalized spacial score (nSPS) is 14.9. The molecule has 1 atom stereocenters. The molecule has 3 aromatic carbocycles. The molecule has 1 unspecified atom stereocenters. The van der Waals surface area contributed by atoms with Crippen molar-refractivity contribution in [3.63, 3.8) is 0 Å². The molecule has 1 heterocycles. The summed E-state index contributed by atoms with van der Waals surface area (Å²) >= 11 is 5.98. The summed E-state index contributed by atoms with van der Waals surface area (Å²) in [7, 11) is 0. The van der Waals surface area contributed by atoms with Gasteiger partial charge in [-0.25, -0.2) is 0 Å². The van der Waals surface area contributed by atoms with Gasteiger partial charge in [0.05, 0.1) is 0 Å². The summed E-state index contributed by atoms with van der Waals surface area (Å²) in [5, 5.41) is 3.75. The molecule has 4 nitrogen and oxygen atoms in total. The largest absolute Gasteiger partial charge is 0.354 e. The summed E-state index contributed by atoms with van der Waals surface area (Å²) in [5.74, 6) is -0.185. The third kappa shape index (κ3) is 5.82. The number of carbonyl (C=O) groups excluding carboxylic acids is 2. The smallest absolute Gasteiger partial charge is 0.255 e. The van der Waals surface area contributed by atoms with E-state index in [1.807, 2.05) is 54.6 Å². The van der Waals surface area contributed by atoms with Crippen LogP contribution in [0.3, 0.4) is 0 Å². The number of amides is 2. The number of hydrogen-bond acceptors (Lipinski definition) is 2. The Bertz CT molecular complexity index is 1080. The molecule has 0 aliphatic carbocycles. The molecule has 0 bridgehead atoms. The Labute approximate surface area is 200 Å². The van der Waals surface area contributed by atoms with E-state index in [1.54, 1.807) is 4.90 Å². The number of nitrogens with one attached hydrogen (secondary N) is 1. The summed E-state index contributed by atoms with van der Waals surface area (Å²) in [6, 6.07) is 24.9. The molecule has 1 aliphatic heterocycles. The standard InChI is InChI=1S/C28H29ClN2O2/c29-23-16-14-22(15-17-23)18-20-31-26(24-12-6-7-13-25(24)28(31)33)27(32)30-19-8-2-5-11-21-9-3-1-4-10-21/h1,3-4,6-7,9-10,12-17,26H,2,5,8,11,18-20H2,(H,30,32). The summed E-state index contributed by atoms with van der Waals surface area (Å²) in [4.78, 5) is 27.9. The second-order valence-electron chi connectivity index (χ2n) is 8.45. The third-order valence-electron chi connectivity index (χ3n) is 6.15. The zero-order valence-corrected chi connectivity index (χ0v) is 19.4. The van der Waals surface area contributed by atoms with Gasteiger partial charge < -0.3 is 10.2 Å². The Morgan fingerprint density at radius 1 is 0.818 bits per heavy atom. The van der Waals surface area contributed by atoms with Crippen LogP contribution in [0.4, 0.5) is 0 Å². The maximum atomic E-state index is 13.2. The molecule has 170 valence electrons. The average molecular weight is 461 g/mol. The number of aryl methyl sites for hydroxylation is 1. The Morgan fingerprint density at radius 3 is 2.30 bits per heavy atom. The SMILES string of the molecule is O=C(NCCCCCc1ccccc1)C1c2ccccc2C(=O)N1CCc1ccc(Cl)cc1. The molecule has 1 N–H and O–H groups in total. The van der Waals surface area contributed by atoms with Gasteiger partial charge in [0.25, 0.3) is 5.91 Å². The summed E-state index contributed by atoms with van der Waals surface area (Å²) in [6.07, 6.45) is 4.79. The molecule has 0 radical (unpaired) electrons. The molecule has 0 saturated carbocycles. The van der Waals surface area contributed by atoms with Crippen molar-refractivity contribution >= 4 is 23.4 Å². The highest BCUT2D eigenvalue weighted by Crippen LogP contribution is 2.33. The van der Waals surface area contributed by atoms with E-state index in [4.69, 9.17) is 11.6 Å². The Kier molecular flexibility index (Phi) is 7.79. The van der Waals surface area contributed by atoms with Crippen LogP contribution in [0.15, 0.2) is 78.9 Å². The molecule has 4 rings (SSSR count). The number of rotatable bonds is 10. The topological polar surface area (TPSA) is 49.4 Å². The predicted molar refractivity (Wildman–Crippen MR) is 132 cm³/mol. The van der Waals surface area contributed by atoms with Crippen molar-refractivity contribution in [1.82, 2.24) is 10.2 Å². The molecule has 5 heteroatoms. The number of hydrogen-bond donors (Lipinski definition) is 1. The summed E-state index contributed by atoms with van der Waals surface area (Å²) in [6.45, 7) is 1.09. The van der Waals surface area contributed by atoms with Crippen molar-refractivity contribution in [2.24, 2.45) is 0 Å². The van der Waals surface area contributed by atoms with Crippen molar-refractivity contribution in [2.75, 3.05) is 13.1 Å². The number of unbranched alkanes of at least 4 members (excludes halogenated alkanes) is 2. The van der Waals surface area contributed by atoms with Gasteiger partial charge in [0.2, 0.25) is 5.91 Å². The van der Waals surface area contributed by atoms with E-state index >= 15 is 0 Å². The quantitative estimate of drug-likeness (QED) is 0.400. The van der Waals surface area contributed by atoms with E-state index in [2.05, 4.69) is 29.6 Å². The van der Waals surface area contributed by atoms with Gasteiger partial charge in [0.15, 0.2) is 0 Å². The second kappa shape index (κ2) is 11.2. The number of carbonyl (C=O) groups is 2. The fraction of sp³-hybridized carbons (Fsp3) is 0.286. The molecule has 0 spiro atoms.